The van der Waals surface area contributed by atoms with Crippen molar-refractivity contribution in [3.8, 4) is 0 Å². The molecule has 1 aliphatic carbocycles. The van der Waals surface area contributed by atoms with E-state index in [9.17, 15) is 8.42 Å². The van der Waals surface area contributed by atoms with Gasteiger partial charge in [-0.25, -0.2) is 0 Å². The average Bonchev–Trinajstić information content (AvgIpc) is 2.43. The molecule has 0 bridgehead atoms. The molecule has 4 heteroatoms. The maximum Gasteiger partial charge on any atom is 0.294 e. The van der Waals surface area contributed by atoms with Crippen LogP contribution in [0.2, 0.25) is 0 Å². The molecular weight excluding hydrogens is 272 g/mol. The Morgan fingerprint density at radius 2 is 1.45 bits per heavy atom. The molecule has 0 spiro atoms. The molecule has 0 aliphatic heterocycles. The van der Waals surface area contributed by atoms with Crippen molar-refractivity contribution in [2.24, 2.45) is 0 Å². The summed E-state index contributed by atoms with van der Waals surface area (Å²) in [6.07, 6.45) is 5.13. The number of allylic oxidation sites excluding steroid dienone is 3. The van der Waals surface area contributed by atoms with Gasteiger partial charge in [-0.15, -0.1) is 0 Å². The van der Waals surface area contributed by atoms with E-state index in [0.29, 0.717) is 6.42 Å². The van der Waals surface area contributed by atoms with Crippen LogP contribution in [0.5, 0.6) is 0 Å². The predicted octanol–water partition coefficient (Wildman–Crippen LogP) is 5.75. The minimum Gasteiger partial charge on any atom is -0.282 e. The maximum absolute atomic E-state index is 11.0. The molecule has 0 aromatic rings. The lowest BCUT2D eigenvalue weighted by Crippen LogP contribution is -2.07. The SMILES string of the molecule is CC.CC.CCC.CCC1=C(S(=O)(=O)O)C=C(C)CC1. The normalized spacial score (nSPS) is 13.8. The summed E-state index contributed by atoms with van der Waals surface area (Å²) in [7, 11) is -4.02. The second-order valence-electron chi connectivity index (χ2n) is 3.99. The fourth-order valence-corrected chi connectivity index (χ4v) is 2.44. The predicted molar refractivity (Wildman–Crippen MR) is 90.5 cm³/mol. The van der Waals surface area contributed by atoms with Crippen LogP contribution in [0.4, 0.5) is 0 Å². The van der Waals surface area contributed by atoms with E-state index in [1.807, 2.05) is 41.5 Å². The van der Waals surface area contributed by atoms with E-state index in [1.54, 1.807) is 6.08 Å². The van der Waals surface area contributed by atoms with Gasteiger partial charge in [0.1, 0.15) is 0 Å². The Morgan fingerprint density at radius 1 is 1.05 bits per heavy atom. The Kier molecular flexibility index (Phi) is 18.1. The zero-order chi connectivity index (χ0) is 16.8. The second-order valence-corrected chi connectivity index (χ2v) is 5.38. The zero-order valence-corrected chi connectivity index (χ0v) is 15.4. The van der Waals surface area contributed by atoms with Crippen molar-refractivity contribution in [2.45, 2.75) is 81.1 Å². The monoisotopic (exact) mass is 306 g/mol. The summed E-state index contributed by atoms with van der Waals surface area (Å²) >= 11 is 0. The van der Waals surface area contributed by atoms with Gasteiger partial charge in [0.2, 0.25) is 0 Å². The van der Waals surface area contributed by atoms with Crippen molar-refractivity contribution in [1.82, 2.24) is 0 Å². The smallest absolute Gasteiger partial charge is 0.282 e. The fourth-order valence-electron chi connectivity index (χ4n) is 1.48. The van der Waals surface area contributed by atoms with Gasteiger partial charge in [-0.1, -0.05) is 60.5 Å². The molecule has 0 fully saturated rings. The first-order valence-corrected chi connectivity index (χ1v) is 9.17. The first-order chi connectivity index (χ1) is 9.36. The molecule has 0 amide bonds. The lowest BCUT2D eigenvalue weighted by molar-refractivity contribution is 0.491. The highest BCUT2D eigenvalue weighted by Crippen LogP contribution is 2.28. The highest BCUT2D eigenvalue weighted by Gasteiger charge is 2.19. The Bertz CT molecular complexity index is 377. The zero-order valence-electron chi connectivity index (χ0n) is 14.6. The van der Waals surface area contributed by atoms with Crippen LogP contribution in [-0.2, 0) is 10.1 Å². The minimum atomic E-state index is -4.02. The van der Waals surface area contributed by atoms with Crippen LogP contribution in [0.25, 0.3) is 0 Å². The van der Waals surface area contributed by atoms with E-state index in [2.05, 4.69) is 13.8 Å². The molecule has 122 valence electrons. The van der Waals surface area contributed by atoms with Crippen LogP contribution < -0.4 is 0 Å². The van der Waals surface area contributed by atoms with E-state index >= 15 is 0 Å². The van der Waals surface area contributed by atoms with E-state index in [0.717, 1.165) is 24.0 Å². The van der Waals surface area contributed by atoms with Gasteiger partial charge in [-0.3, -0.25) is 4.55 Å². The molecule has 0 saturated heterocycles. The van der Waals surface area contributed by atoms with Crippen molar-refractivity contribution >= 4 is 10.1 Å². The van der Waals surface area contributed by atoms with Crippen molar-refractivity contribution < 1.29 is 13.0 Å². The van der Waals surface area contributed by atoms with Crippen LogP contribution in [-0.4, -0.2) is 13.0 Å². The molecule has 1 N–H and O–H groups in total. The molecule has 20 heavy (non-hydrogen) atoms. The molecular formula is C16H34O3S. The fraction of sp³-hybridized carbons (Fsp3) is 0.750. The lowest BCUT2D eigenvalue weighted by Gasteiger charge is -2.15. The van der Waals surface area contributed by atoms with Gasteiger partial charge >= 0.3 is 0 Å². The van der Waals surface area contributed by atoms with Crippen LogP contribution in [0.1, 0.15) is 81.1 Å². The van der Waals surface area contributed by atoms with E-state index < -0.39 is 10.1 Å². The molecule has 0 aromatic carbocycles. The molecule has 1 aliphatic rings. The summed E-state index contributed by atoms with van der Waals surface area (Å²) in [6, 6.07) is 0. The minimum absolute atomic E-state index is 0.110. The molecule has 0 radical (unpaired) electrons. The van der Waals surface area contributed by atoms with Crippen LogP contribution in [0.3, 0.4) is 0 Å². The quantitative estimate of drug-likeness (QED) is 0.661. The molecule has 0 saturated carbocycles. The molecule has 0 heterocycles. The largest absolute Gasteiger partial charge is 0.294 e. The highest BCUT2D eigenvalue weighted by molar-refractivity contribution is 7.90. The van der Waals surface area contributed by atoms with Gasteiger partial charge in [0.05, 0.1) is 4.91 Å². The Balaban J connectivity index is -0.000000355. The third-order valence-electron chi connectivity index (χ3n) is 2.25. The van der Waals surface area contributed by atoms with E-state index in [-0.39, 0.29) is 4.91 Å². The second kappa shape index (κ2) is 14.8. The van der Waals surface area contributed by atoms with E-state index in [1.165, 1.54) is 6.42 Å². The van der Waals surface area contributed by atoms with Gasteiger partial charge in [0.25, 0.3) is 10.1 Å². The maximum atomic E-state index is 11.0. The Labute approximate surface area is 126 Å². The van der Waals surface area contributed by atoms with Gasteiger partial charge < -0.3 is 0 Å². The molecule has 0 atom stereocenters. The van der Waals surface area contributed by atoms with Crippen molar-refractivity contribution in [1.29, 1.82) is 0 Å². The van der Waals surface area contributed by atoms with Gasteiger partial charge in [0, 0.05) is 0 Å². The van der Waals surface area contributed by atoms with Crippen molar-refractivity contribution in [3.05, 3.63) is 22.1 Å². The number of hydrogen-bond acceptors (Lipinski definition) is 2. The van der Waals surface area contributed by atoms with Crippen LogP contribution in [0, 0.1) is 0 Å². The molecule has 3 nitrogen and oxygen atoms in total. The summed E-state index contributed by atoms with van der Waals surface area (Å²) in [5, 5.41) is 0. The van der Waals surface area contributed by atoms with Gasteiger partial charge in [-0.05, 0) is 37.8 Å². The summed E-state index contributed by atoms with van der Waals surface area (Å²) in [4.78, 5) is 0.110. The van der Waals surface area contributed by atoms with Crippen molar-refractivity contribution in [2.75, 3.05) is 0 Å². The summed E-state index contributed by atoms with van der Waals surface area (Å²) in [5.41, 5.74) is 1.83. The first kappa shape index (κ1) is 24.4. The third-order valence-corrected chi connectivity index (χ3v) is 3.21. The number of rotatable bonds is 2. The topological polar surface area (TPSA) is 54.4 Å². The first-order valence-electron chi connectivity index (χ1n) is 7.73. The summed E-state index contributed by atoms with van der Waals surface area (Å²) < 4.78 is 30.8. The van der Waals surface area contributed by atoms with Gasteiger partial charge in [0.15, 0.2) is 0 Å². The van der Waals surface area contributed by atoms with Gasteiger partial charge in [-0.2, -0.15) is 8.42 Å². The summed E-state index contributed by atoms with van der Waals surface area (Å²) in [5.74, 6) is 0. The Morgan fingerprint density at radius 3 is 1.75 bits per heavy atom. The van der Waals surface area contributed by atoms with Crippen LogP contribution >= 0.6 is 0 Å². The highest BCUT2D eigenvalue weighted by atomic mass is 32.2. The Hall–Kier alpha value is -0.610. The van der Waals surface area contributed by atoms with Crippen LogP contribution in [0.15, 0.2) is 22.1 Å². The summed E-state index contributed by atoms with van der Waals surface area (Å²) in [6.45, 7) is 16.0. The standard InChI is InChI=1S/C9H14O3S.C3H8.2C2H6/c1-3-8-5-4-7(2)6-9(8)13(10,11)12;1-3-2;2*1-2/h6H,3-5H2,1-2H3,(H,10,11,12);3H2,1-2H3;2*1-2H3. The third kappa shape index (κ3) is 11.2. The average molecular weight is 307 g/mol. The molecule has 0 aromatic heterocycles. The molecule has 1 rings (SSSR count). The number of hydrogen-bond donors (Lipinski definition) is 1. The lowest BCUT2D eigenvalue weighted by atomic mass is 9.98. The molecule has 0 unspecified atom stereocenters. The van der Waals surface area contributed by atoms with E-state index in [4.69, 9.17) is 4.55 Å². The van der Waals surface area contributed by atoms with Crippen molar-refractivity contribution in [3.63, 3.8) is 0 Å².